The smallest absolute Gasteiger partial charge is 0.368 e. The molecule has 24 heavy (non-hydrogen) atoms. The molecule has 0 bridgehead atoms. The van der Waals surface area contributed by atoms with Crippen LogP contribution >= 0.6 is 0 Å². The van der Waals surface area contributed by atoms with Gasteiger partial charge in [-0.1, -0.05) is 60.7 Å². The Kier molecular flexibility index (Phi) is 5.26. The predicted octanol–water partition coefficient (Wildman–Crippen LogP) is 3.03. The Balaban J connectivity index is 2.40. The molecular formula is C17H16F3NO3. The first-order chi connectivity index (χ1) is 11.3. The lowest BCUT2D eigenvalue weighted by molar-refractivity contribution is -0.276. The molecule has 2 aromatic rings. The largest absolute Gasteiger partial charge is 0.430 e. The van der Waals surface area contributed by atoms with Crippen LogP contribution in [0.15, 0.2) is 60.7 Å². The van der Waals surface area contributed by atoms with Gasteiger partial charge in [-0.15, -0.1) is 0 Å². The molecule has 0 radical (unpaired) electrons. The molecule has 1 amide bonds. The van der Waals surface area contributed by atoms with Gasteiger partial charge in [0.2, 0.25) is 0 Å². The highest BCUT2D eigenvalue weighted by molar-refractivity contribution is 5.86. The summed E-state index contributed by atoms with van der Waals surface area (Å²) in [6, 6.07) is 14.6. The van der Waals surface area contributed by atoms with Gasteiger partial charge in [0.25, 0.3) is 11.5 Å². The zero-order chi connectivity index (χ0) is 17.8. The van der Waals surface area contributed by atoms with E-state index in [1.165, 1.54) is 18.2 Å². The van der Waals surface area contributed by atoms with Crippen LogP contribution in [0.2, 0.25) is 0 Å². The van der Waals surface area contributed by atoms with Crippen LogP contribution in [-0.2, 0) is 21.8 Å². The molecule has 1 N–H and O–H groups in total. The van der Waals surface area contributed by atoms with Gasteiger partial charge in [0.05, 0.1) is 13.7 Å². The molecule has 7 heteroatoms. The summed E-state index contributed by atoms with van der Waals surface area (Å²) in [4.78, 5) is 17.3. The van der Waals surface area contributed by atoms with Crippen molar-refractivity contribution >= 4 is 5.91 Å². The van der Waals surface area contributed by atoms with Crippen LogP contribution in [0.4, 0.5) is 13.2 Å². The second kappa shape index (κ2) is 7.02. The summed E-state index contributed by atoms with van der Waals surface area (Å²) in [6.07, 6.45) is -5.21. The second-order valence-electron chi connectivity index (χ2n) is 5.08. The van der Waals surface area contributed by atoms with Gasteiger partial charge in [-0.2, -0.15) is 13.2 Å². The zero-order valence-corrected chi connectivity index (χ0v) is 12.8. The fraction of sp³-hybridized carbons (Fsp3) is 0.235. The molecule has 0 spiro atoms. The van der Waals surface area contributed by atoms with Gasteiger partial charge in [0.15, 0.2) is 0 Å². The molecule has 1 unspecified atom stereocenters. The number of halogens is 3. The molecule has 128 valence electrons. The molecule has 2 rings (SSSR count). The first kappa shape index (κ1) is 18.0. The van der Waals surface area contributed by atoms with Gasteiger partial charge in [-0.25, -0.2) is 5.06 Å². The average molecular weight is 339 g/mol. The van der Waals surface area contributed by atoms with E-state index in [0.717, 1.165) is 19.2 Å². The number of hydroxylamine groups is 2. The van der Waals surface area contributed by atoms with Crippen LogP contribution in [0.5, 0.6) is 0 Å². The average Bonchev–Trinajstić information content (AvgIpc) is 2.59. The van der Waals surface area contributed by atoms with Crippen LogP contribution in [0.1, 0.15) is 11.1 Å². The third-order valence-corrected chi connectivity index (χ3v) is 3.53. The maximum absolute atomic E-state index is 13.5. The quantitative estimate of drug-likeness (QED) is 0.852. The molecule has 2 aromatic carbocycles. The summed E-state index contributed by atoms with van der Waals surface area (Å²) in [5.41, 5.74) is -3.71. The standard InChI is InChI=1S/C17H16F3NO3/c1-24-21(12-13-8-4-2-5-9-13)15(22)16(23,17(18,19)20)14-10-6-3-7-11-14/h2-11,23H,12H2,1H3. The van der Waals surface area contributed by atoms with Crippen molar-refractivity contribution in [3.8, 4) is 0 Å². The number of carbonyl (C=O) groups excluding carboxylic acids is 1. The fourth-order valence-corrected chi connectivity index (χ4v) is 2.24. The number of carbonyl (C=O) groups is 1. The molecule has 0 saturated heterocycles. The Morgan fingerprint density at radius 2 is 1.54 bits per heavy atom. The normalized spacial score (nSPS) is 14.0. The van der Waals surface area contributed by atoms with E-state index in [-0.39, 0.29) is 6.54 Å². The molecule has 0 aliphatic heterocycles. The van der Waals surface area contributed by atoms with E-state index in [0.29, 0.717) is 10.6 Å². The maximum Gasteiger partial charge on any atom is 0.430 e. The van der Waals surface area contributed by atoms with Gasteiger partial charge >= 0.3 is 6.18 Å². The number of hydrogen-bond donors (Lipinski definition) is 1. The number of aliphatic hydroxyl groups is 1. The van der Waals surface area contributed by atoms with Gasteiger partial charge in [-0.05, 0) is 5.56 Å². The summed E-state index contributed by atoms with van der Waals surface area (Å²) < 4.78 is 40.6. The third-order valence-electron chi connectivity index (χ3n) is 3.53. The van der Waals surface area contributed by atoms with Crippen molar-refractivity contribution in [1.29, 1.82) is 0 Å². The Bertz CT molecular complexity index is 676. The van der Waals surface area contributed by atoms with Gasteiger partial charge < -0.3 is 5.11 Å². The predicted molar refractivity (Wildman–Crippen MR) is 80.4 cm³/mol. The van der Waals surface area contributed by atoms with Crippen molar-refractivity contribution in [3.05, 3.63) is 71.8 Å². The lowest BCUT2D eigenvalue weighted by Gasteiger charge is -2.33. The van der Waals surface area contributed by atoms with Gasteiger partial charge in [0, 0.05) is 5.56 Å². The molecule has 0 saturated carbocycles. The van der Waals surface area contributed by atoms with E-state index in [1.54, 1.807) is 30.3 Å². The highest BCUT2D eigenvalue weighted by atomic mass is 19.4. The van der Waals surface area contributed by atoms with E-state index >= 15 is 0 Å². The SMILES string of the molecule is CON(Cc1ccccc1)C(=O)C(O)(c1ccccc1)C(F)(F)F. The number of nitrogens with zero attached hydrogens (tertiary/aromatic N) is 1. The topological polar surface area (TPSA) is 49.8 Å². The van der Waals surface area contributed by atoms with Gasteiger partial charge in [-0.3, -0.25) is 9.63 Å². The van der Waals surface area contributed by atoms with E-state index in [9.17, 15) is 23.1 Å². The Morgan fingerprint density at radius 1 is 1.04 bits per heavy atom. The Labute approximate surface area is 137 Å². The fourth-order valence-electron chi connectivity index (χ4n) is 2.24. The monoisotopic (exact) mass is 339 g/mol. The minimum Gasteiger partial charge on any atom is -0.368 e. The molecule has 0 aliphatic carbocycles. The number of hydrogen-bond acceptors (Lipinski definition) is 3. The van der Waals surface area contributed by atoms with Crippen molar-refractivity contribution < 1.29 is 27.9 Å². The van der Waals surface area contributed by atoms with Crippen LogP contribution in [0, 0.1) is 0 Å². The molecule has 0 aliphatic rings. The number of benzene rings is 2. The summed E-state index contributed by atoms with van der Waals surface area (Å²) in [7, 11) is 1.07. The first-order valence-electron chi connectivity index (χ1n) is 7.05. The summed E-state index contributed by atoms with van der Waals surface area (Å²) in [5.74, 6) is -1.60. The first-order valence-corrected chi connectivity index (χ1v) is 7.05. The van der Waals surface area contributed by atoms with Crippen LogP contribution in [-0.4, -0.2) is 29.4 Å². The molecule has 1 atom stereocenters. The van der Waals surface area contributed by atoms with Crippen molar-refractivity contribution in [3.63, 3.8) is 0 Å². The molecule has 0 fully saturated rings. The summed E-state index contributed by atoms with van der Waals surface area (Å²) >= 11 is 0. The van der Waals surface area contributed by atoms with Crippen LogP contribution in [0.3, 0.4) is 0 Å². The Hall–Kier alpha value is -2.38. The number of alkyl halides is 3. The maximum atomic E-state index is 13.5. The third kappa shape index (κ3) is 3.42. The van der Waals surface area contributed by atoms with Gasteiger partial charge in [0.1, 0.15) is 0 Å². The van der Waals surface area contributed by atoms with E-state index in [4.69, 9.17) is 4.84 Å². The highest BCUT2D eigenvalue weighted by Gasteiger charge is 2.62. The van der Waals surface area contributed by atoms with Crippen LogP contribution in [0.25, 0.3) is 0 Å². The minimum atomic E-state index is -5.21. The lowest BCUT2D eigenvalue weighted by Crippen LogP contribution is -2.55. The Morgan fingerprint density at radius 3 is 2.00 bits per heavy atom. The second-order valence-corrected chi connectivity index (χ2v) is 5.08. The van der Waals surface area contributed by atoms with E-state index in [1.807, 2.05) is 0 Å². The van der Waals surface area contributed by atoms with Crippen molar-refractivity contribution in [2.45, 2.75) is 18.3 Å². The summed E-state index contributed by atoms with van der Waals surface area (Å²) in [6.45, 7) is -0.235. The van der Waals surface area contributed by atoms with Crippen molar-refractivity contribution in [2.24, 2.45) is 0 Å². The highest BCUT2D eigenvalue weighted by Crippen LogP contribution is 2.40. The lowest BCUT2D eigenvalue weighted by atomic mass is 9.92. The summed E-state index contributed by atoms with van der Waals surface area (Å²) in [5, 5.41) is 10.8. The molecule has 4 nitrogen and oxygen atoms in total. The van der Waals surface area contributed by atoms with Crippen molar-refractivity contribution in [1.82, 2.24) is 5.06 Å². The van der Waals surface area contributed by atoms with Crippen molar-refractivity contribution in [2.75, 3.05) is 7.11 Å². The van der Waals surface area contributed by atoms with E-state index < -0.39 is 23.2 Å². The van der Waals surface area contributed by atoms with E-state index in [2.05, 4.69) is 0 Å². The number of rotatable bonds is 5. The minimum absolute atomic E-state index is 0.235. The molecular weight excluding hydrogens is 323 g/mol. The number of amides is 1. The van der Waals surface area contributed by atoms with Crippen LogP contribution < -0.4 is 0 Å². The molecule has 0 heterocycles. The zero-order valence-electron chi connectivity index (χ0n) is 12.8. The molecule has 0 aromatic heterocycles.